The van der Waals surface area contributed by atoms with Crippen LogP contribution in [0.3, 0.4) is 0 Å². The third kappa shape index (κ3) is 3.52. The zero-order valence-corrected chi connectivity index (χ0v) is 15.2. The highest BCUT2D eigenvalue weighted by molar-refractivity contribution is 7.13. The summed E-state index contributed by atoms with van der Waals surface area (Å²) in [7, 11) is 0. The van der Waals surface area contributed by atoms with Crippen molar-refractivity contribution in [3.05, 3.63) is 29.0 Å². The van der Waals surface area contributed by atoms with Crippen molar-refractivity contribution in [1.82, 2.24) is 9.88 Å². The number of hydrogen-bond acceptors (Lipinski definition) is 7. The summed E-state index contributed by atoms with van der Waals surface area (Å²) in [4.78, 5) is 8.08. The molecule has 4 heterocycles. The smallest absolute Gasteiger partial charge is 0.236 e. The quantitative estimate of drug-likeness (QED) is 0.869. The van der Waals surface area contributed by atoms with E-state index in [1.807, 2.05) is 24.4 Å². The van der Waals surface area contributed by atoms with E-state index in [-0.39, 0.29) is 12.2 Å². The lowest BCUT2D eigenvalue weighted by Crippen LogP contribution is -2.54. The first-order valence-electron chi connectivity index (χ1n) is 8.77. The molecule has 2 fully saturated rings. The Labute approximate surface area is 151 Å². The molecule has 4 rings (SSSR count). The number of aryl methyl sites for hydroxylation is 1. The van der Waals surface area contributed by atoms with E-state index >= 15 is 0 Å². The second-order valence-corrected chi connectivity index (χ2v) is 8.06. The predicted octanol–water partition coefficient (Wildman–Crippen LogP) is 2.19. The molecule has 0 aromatic carbocycles. The van der Waals surface area contributed by atoms with E-state index in [0.29, 0.717) is 12.3 Å². The first kappa shape index (κ1) is 17.2. The number of hydrogen-bond donors (Lipinski definition) is 2. The molecule has 2 N–H and O–H groups in total. The average molecular weight is 364 g/mol. The number of likely N-dealkylation sites (tertiary alicyclic amines) is 1. The fourth-order valence-electron chi connectivity index (χ4n) is 3.71. The number of thiophene rings is 1. The number of oxazole rings is 1. The fourth-order valence-corrected chi connectivity index (χ4v) is 4.36. The molecule has 136 valence electrons. The number of aliphatic hydroxyl groups is 2. The van der Waals surface area contributed by atoms with Crippen molar-refractivity contribution < 1.29 is 19.4 Å². The van der Waals surface area contributed by atoms with Crippen LogP contribution in [-0.2, 0) is 11.3 Å². The Morgan fingerprint density at radius 2 is 2.12 bits per heavy atom. The molecule has 0 radical (unpaired) electrons. The van der Waals surface area contributed by atoms with Crippen LogP contribution in [0, 0.1) is 6.92 Å². The first-order chi connectivity index (χ1) is 12.0. The molecule has 25 heavy (non-hydrogen) atoms. The van der Waals surface area contributed by atoms with Crippen LogP contribution in [0.15, 0.2) is 21.9 Å². The summed E-state index contributed by atoms with van der Waals surface area (Å²) in [5.74, 6) is 1.57. The lowest BCUT2D eigenvalue weighted by atomic mass is 9.82. The van der Waals surface area contributed by atoms with Crippen LogP contribution in [0.1, 0.15) is 30.7 Å². The zero-order valence-electron chi connectivity index (χ0n) is 14.4. The van der Waals surface area contributed by atoms with E-state index in [0.717, 1.165) is 48.8 Å². The van der Waals surface area contributed by atoms with Gasteiger partial charge in [-0.05, 0) is 31.2 Å². The highest BCUT2D eigenvalue weighted by Gasteiger charge is 2.43. The summed E-state index contributed by atoms with van der Waals surface area (Å²) in [6.07, 6.45) is 0.827. The van der Waals surface area contributed by atoms with E-state index in [2.05, 4.69) is 9.88 Å². The molecule has 0 aliphatic carbocycles. The number of rotatable bonds is 3. The molecular weight excluding hydrogens is 340 g/mol. The number of aliphatic hydroxyl groups excluding tert-OH is 2. The second-order valence-electron chi connectivity index (χ2n) is 7.11. The molecule has 1 spiro atoms. The molecule has 2 aliphatic rings. The van der Waals surface area contributed by atoms with Gasteiger partial charge < -0.3 is 19.4 Å². The Morgan fingerprint density at radius 1 is 1.32 bits per heavy atom. The van der Waals surface area contributed by atoms with Crippen LogP contribution in [-0.4, -0.2) is 57.6 Å². The Morgan fingerprint density at radius 3 is 2.80 bits per heavy atom. The number of piperidine rings is 1. The lowest BCUT2D eigenvalue weighted by Gasteiger charge is -2.46. The van der Waals surface area contributed by atoms with Gasteiger partial charge in [0.15, 0.2) is 0 Å². The third-order valence-electron chi connectivity index (χ3n) is 5.35. The fraction of sp³-hybridized carbons (Fsp3) is 0.611. The van der Waals surface area contributed by atoms with E-state index in [4.69, 9.17) is 9.15 Å². The van der Waals surface area contributed by atoms with Gasteiger partial charge in [0.25, 0.3) is 0 Å². The standard InChI is InChI=1S/C18H24N2O4S/c1-12-13(19-17(24-12)16-3-2-8-25-16)10-20-6-4-18(5-7-20)9-14(21)15(22)11-23-18/h2-3,8,14-15,21-22H,4-7,9-11H2,1H3/t14-,15+/m1/s1. The molecule has 2 aromatic heterocycles. The summed E-state index contributed by atoms with van der Waals surface area (Å²) >= 11 is 1.63. The van der Waals surface area contributed by atoms with E-state index in [9.17, 15) is 10.2 Å². The molecule has 0 bridgehead atoms. The van der Waals surface area contributed by atoms with Gasteiger partial charge in [0.05, 0.1) is 28.9 Å². The molecular formula is C18H24N2O4S. The van der Waals surface area contributed by atoms with Crippen LogP contribution in [0.4, 0.5) is 0 Å². The normalized spacial score (nSPS) is 27.0. The predicted molar refractivity (Wildman–Crippen MR) is 94.4 cm³/mol. The van der Waals surface area contributed by atoms with Gasteiger partial charge in [0.2, 0.25) is 5.89 Å². The highest BCUT2D eigenvalue weighted by atomic mass is 32.1. The number of nitrogens with zero attached hydrogens (tertiary/aromatic N) is 2. The maximum Gasteiger partial charge on any atom is 0.236 e. The van der Waals surface area contributed by atoms with Crippen LogP contribution in [0.2, 0.25) is 0 Å². The molecule has 7 heteroatoms. The summed E-state index contributed by atoms with van der Waals surface area (Å²) in [5.41, 5.74) is 0.704. The summed E-state index contributed by atoms with van der Waals surface area (Å²) in [6, 6.07) is 4.02. The maximum atomic E-state index is 9.96. The first-order valence-corrected chi connectivity index (χ1v) is 9.65. The van der Waals surface area contributed by atoms with Crippen molar-refractivity contribution in [1.29, 1.82) is 0 Å². The van der Waals surface area contributed by atoms with Crippen molar-refractivity contribution in [2.75, 3.05) is 19.7 Å². The minimum absolute atomic E-state index is 0.230. The van der Waals surface area contributed by atoms with Crippen molar-refractivity contribution >= 4 is 11.3 Å². The van der Waals surface area contributed by atoms with Gasteiger partial charge >= 0.3 is 0 Å². The van der Waals surface area contributed by atoms with Crippen LogP contribution >= 0.6 is 11.3 Å². The van der Waals surface area contributed by atoms with Gasteiger partial charge in [0, 0.05) is 26.1 Å². The highest BCUT2D eigenvalue weighted by Crippen LogP contribution is 2.36. The molecule has 0 amide bonds. The molecule has 2 aromatic rings. The van der Waals surface area contributed by atoms with Crippen molar-refractivity contribution in [3.8, 4) is 10.8 Å². The van der Waals surface area contributed by atoms with E-state index in [1.54, 1.807) is 11.3 Å². The van der Waals surface area contributed by atoms with Gasteiger partial charge in [-0.1, -0.05) is 6.07 Å². The van der Waals surface area contributed by atoms with Crippen LogP contribution in [0.25, 0.3) is 10.8 Å². The third-order valence-corrected chi connectivity index (χ3v) is 6.21. The Bertz CT molecular complexity index is 707. The van der Waals surface area contributed by atoms with Gasteiger partial charge in [0.1, 0.15) is 11.9 Å². The maximum absolute atomic E-state index is 9.96. The second kappa shape index (κ2) is 6.81. The van der Waals surface area contributed by atoms with Gasteiger partial charge in [-0.3, -0.25) is 4.90 Å². The molecule has 0 unspecified atom stereocenters. The summed E-state index contributed by atoms with van der Waals surface area (Å²) < 4.78 is 11.7. The van der Waals surface area contributed by atoms with Crippen LogP contribution < -0.4 is 0 Å². The summed E-state index contributed by atoms with van der Waals surface area (Å²) in [6.45, 7) is 4.75. The molecule has 2 atom stereocenters. The van der Waals surface area contributed by atoms with Gasteiger partial charge in [-0.15, -0.1) is 11.3 Å². The monoisotopic (exact) mass is 364 g/mol. The summed E-state index contributed by atoms with van der Waals surface area (Å²) in [5, 5.41) is 21.6. The lowest BCUT2D eigenvalue weighted by molar-refractivity contribution is -0.188. The van der Waals surface area contributed by atoms with Crippen molar-refractivity contribution in [2.45, 2.75) is 50.5 Å². The molecule has 0 saturated carbocycles. The van der Waals surface area contributed by atoms with Crippen molar-refractivity contribution in [3.63, 3.8) is 0 Å². The molecule has 2 aliphatic heterocycles. The Balaban J connectivity index is 1.38. The Kier molecular flexibility index (Phi) is 4.68. The minimum Gasteiger partial charge on any atom is -0.440 e. The average Bonchev–Trinajstić information content (AvgIpc) is 3.24. The molecule has 2 saturated heterocycles. The van der Waals surface area contributed by atoms with E-state index in [1.165, 1.54) is 0 Å². The van der Waals surface area contributed by atoms with Crippen molar-refractivity contribution in [2.24, 2.45) is 0 Å². The largest absolute Gasteiger partial charge is 0.440 e. The SMILES string of the molecule is Cc1oc(-c2cccs2)nc1CN1CCC2(CC1)C[C@@H](O)[C@@H](O)CO2. The van der Waals surface area contributed by atoms with Crippen LogP contribution in [0.5, 0.6) is 0 Å². The van der Waals surface area contributed by atoms with Gasteiger partial charge in [-0.25, -0.2) is 4.98 Å². The number of ether oxygens (including phenoxy) is 1. The van der Waals surface area contributed by atoms with Gasteiger partial charge in [-0.2, -0.15) is 0 Å². The minimum atomic E-state index is -0.753. The molecule has 6 nitrogen and oxygen atoms in total. The number of aromatic nitrogens is 1. The topological polar surface area (TPSA) is 79.0 Å². The van der Waals surface area contributed by atoms with E-state index < -0.39 is 12.2 Å². The Hall–Kier alpha value is -1.25. The zero-order chi connectivity index (χ0) is 17.4.